The van der Waals surface area contributed by atoms with Crippen LogP contribution in [0.25, 0.3) is 0 Å². The minimum Gasteiger partial charge on any atom is -0.488 e. The van der Waals surface area contributed by atoms with Gasteiger partial charge < -0.3 is 19.5 Å². The number of nitrogens with zero attached hydrogens (tertiary/aromatic N) is 1. The summed E-state index contributed by atoms with van der Waals surface area (Å²) in [5.41, 5.74) is 0.131. The van der Waals surface area contributed by atoms with E-state index in [1.54, 1.807) is 0 Å². The summed E-state index contributed by atoms with van der Waals surface area (Å²) in [5, 5.41) is 3.19. The van der Waals surface area contributed by atoms with Crippen LogP contribution in [-0.4, -0.2) is 53.2 Å². The van der Waals surface area contributed by atoms with Gasteiger partial charge in [0.2, 0.25) is 11.8 Å². The molecule has 0 aliphatic carbocycles. The molecule has 0 aliphatic heterocycles. The standard InChI is InChI=1S/C19H25F2N3O5S.ClH/c1-3-10-22-11-12-28-18-9-8-16(19(23-18)27-2)24-30(25,26)15-6-4-14(5-7-15)29-13-17(20)21;/h4-9,17,22,24H,3,10-13H2,1-2H3;1H. The lowest BCUT2D eigenvalue weighted by molar-refractivity contribution is 0.0819. The monoisotopic (exact) mass is 481 g/mol. The van der Waals surface area contributed by atoms with Gasteiger partial charge in [-0.25, -0.2) is 17.2 Å². The smallest absolute Gasteiger partial charge is 0.272 e. The maximum atomic E-state index is 12.6. The first-order valence-electron chi connectivity index (χ1n) is 9.28. The Balaban J connectivity index is 0.00000480. The summed E-state index contributed by atoms with van der Waals surface area (Å²) in [7, 11) is -2.60. The lowest BCUT2D eigenvalue weighted by atomic mass is 10.3. The second-order valence-corrected chi connectivity index (χ2v) is 7.77. The fraction of sp³-hybridized carbons (Fsp3) is 0.421. The van der Waals surface area contributed by atoms with Crippen molar-refractivity contribution in [1.29, 1.82) is 0 Å². The van der Waals surface area contributed by atoms with Crippen LogP contribution in [0.3, 0.4) is 0 Å². The first-order chi connectivity index (χ1) is 14.4. The molecule has 2 rings (SSSR count). The zero-order chi connectivity index (χ0) is 22.0. The molecule has 174 valence electrons. The summed E-state index contributed by atoms with van der Waals surface area (Å²) in [5.74, 6) is 0.492. The van der Waals surface area contributed by atoms with Crippen LogP contribution in [0.5, 0.6) is 17.5 Å². The summed E-state index contributed by atoms with van der Waals surface area (Å²) >= 11 is 0. The highest BCUT2D eigenvalue weighted by atomic mass is 35.5. The van der Waals surface area contributed by atoms with Crippen molar-refractivity contribution in [2.45, 2.75) is 24.7 Å². The van der Waals surface area contributed by atoms with E-state index in [0.717, 1.165) is 13.0 Å². The Bertz CT molecular complexity index is 902. The average Bonchev–Trinajstić information content (AvgIpc) is 2.73. The minimum absolute atomic E-state index is 0. The molecular weight excluding hydrogens is 456 g/mol. The number of nitrogens with one attached hydrogen (secondary N) is 2. The molecule has 0 aliphatic rings. The molecule has 0 unspecified atom stereocenters. The lowest BCUT2D eigenvalue weighted by Crippen LogP contribution is -2.21. The summed E-state index contributed by atoms with van der Waals surface area (Å²) in [6.45, 7) is 3.25. The fourth-order valence-electron chi connectivity index (χ4n) is 2.34. The Labute approximate surface area is 186 Å². The second-order valence-electron chi connectivity index (χ2n) is 6.08. The maximum Gasteiger partial charge on any atom is 0.272 e. The van der Waals surface area contributed by atoms with Crippen molar-refractivity contribution in [3.05, 3.63) is 36.4 Å². The molecule has 0 fully saturated rings. The van der Waals surface area contributed by atoms with Crippen LogP contribution in [0.1, 0.15) is 13.3 Å². The van der Waals surface area contributed by atoms with E-state index in [1.165, 1.54) is 43.5 Å². The first-order valence-corrected chi connectivity index (χ1v) is 10.8. The largest absolute Gasteiger partial charge is 0.488 e. The number of benzene rings is 1. The highest BCUT2D eigenvalue weighted by molar-refractivity contribution is 7.92. The van der Waals surface area contributed by atoms with Gasteiger partial charge in [0.05, 0.1) is 12.0 Å². The highest BCUT2D eigenvalue weighted by Gasteiger charge is 2.18. The van der Waals surface area contributed by atoms with Crippen molar-refractivity contribution in [2.75, 3.05) is 38.1 Å². The number of anilines is 1. The number of pyridine rings is 1. The topological polar surface area (TPSA) is 98.8 Å². The third-order valence-electron chi connectivity index (χ3n) is 3.74. The Morgan fingerprint density at radius 3 is 2.39 bits per heavy atom. The van der Waals surface area contributed by atoms with Crippen LogP contribution < -0.4 is 24.2 Å². The van der Waals surface area contributed by atoms with Crippen molar-refractivity contribution in [2.24, 2.45) is 0 Å². The van der Waals surface area contributed by atoms with E-state index in [4.69, 9.17) is 14.2 Å². The molecule has 0 amide bonds. The van der Waals surface area contributed by atoms with E-state index >= 15 is 0 Å². The number of methoxy groups -OCH3 is 1. The zero-order valence-electron chi connectivity index (χ0n) is 17.1. The van der Waals surface area contributed by atoms with Gasteiger partial charge in [0.15, 0.2) is 0 Å². The number of halogens is 3. The van der Waals surface area contributed by atoms with Gasteiger partial charge in [-0.15, -0.1) is 12.4 Å². The number of alkyl halides is 2. The third-order valence-corrected chi connectivity index (χ3v) is 5.12. The predicted molar refractivity (Wildman–Crippen MR) is 115 cm³/mol. The lowest BCUT2D eigenvalue weighted by Gasteiger charge is -2.13. The van der Waals surface area contributed by atoms with E-state index < -0.39 is 23.1 Å². The number of rotatable bonds is 13. The minimum atomic E-state index is -3.96. The van der Waals surface area contributed by atoms with Gasteiger partial charge in [-0.1, -0.05) is 6.92 Å². The molecule has 1 aromatic carbocycles. The molecule has 0 radical (unpaired) electrons. The van der Waals surface area contributed by atoms with Gasteiger partial charge >= 0.3 is 0 Å². The molecule has 12 heteroatoms. The molecule has 1 aromatic heterocycles. The Morgan fingerprint density at radius 2 is 1.77 bits per heavy atom. The van der Waals surface area contributed by atoms with E-state index in [0.29, 0.717) is 19.0 Å². The summed E-state index contributed by atoms with van der Waals surface area (Å²) in [4.78, 5) is 4.08. The van der Waals surface area contributed by atoms with Gasteiger partial charge in [0.25, 0.3) is 16.4 Å². The molecule has 2 aromatic rings. The molecule has 0 spiro atoms. The molecular formula is C19H26ClF2N3O5S. The SMILES string of the molecule is CCCNCCOc1ccc(NS(=O)(=O)c2ccc(OCC(F)F)cc2)c(OC)n1.Cl. The zero-order valence-corrected chi connectivity index (χ0v) is 18.8. The number of hydrogen-bond donors (Lipinski definition) is 2. The Hall–Kier alpha value is -2.37. The Morgan fingerprint density at radius 1 is 1.06 bits per heavy atom. The van der Waals surface area contributed by atoms with E-state index in [9.17, 15) is 17.2 Å². The van der Waals surface area contributed by atoms with Gasteiger partial charge in [0, 0.05) is 12.6 Å². The summed E-state index contributed by atoms with van der Waals surface area (Å²) in [6.07, 6.45) is -1.60. The van der Waals surface area contributed by atoms with E-state index in [-0.39, 0.29) is 34.6 Å². The van der Waals surface area contributed by atoms with Crippen LogP contribution in [-0.2, 0) is 10.0 Å². The molecule has 31 heavy (non-hydrogen) atoms. The summed E-state index contributed by atoms with van der Waals surface area (Å²) in [6, 6.07) is 8.12. The number of ether oxygens (including phenoxy) is 3. The van der Waals surface area contributed by atoms with E-state index in [2.05, 4.69) is 21.9 Å². The Kier molecular flexibility index (Phi) is 11.3. The molecule has 0 saturated heterocycles. The van der Waals surface area contributed by atoms with Crippen LogP contribution in [0.15, 0.2) is 41.3 Å². The van der Waals surface area contributed by atoms with Crippen LogP contribution in [0.4, 0.5) is 14.5 Å². The van der Waals surface area contributed by atoms with Crippen molar-refractivity contribution < 1.29 is 31.4 Å². The van der Waals surface area contributed by atoms with Crippen LogP contribution in [0.2, 0.25) is 0 Å². The molecule has 0 atom stereocenters. The molecule has 8 nitrogen and oxygen atoms in total. The third kappa shape index (κ3) is 8.72. The number of hydrogen-bond acceptors (Lipinski definition) is 7. The van der Waals surface area contributed by atoms with Crippen LogP contribution in [0, 0.1) is 0 Å². The fourth-order valence-corrected chi connectivity index (χ4v) is 3.40. The van der Waals surface area contributed by atoms with Gasteiger partial charge in [-0.05, 0) is 43.3 Å². The van der Waals surface area contributed by atoms with Crippen molar-refractivity contribution >= 4 is 28.1 Å². The van der Waals surface area contributed by atoms with Gasteiger partial charge in [-0.3, -0.25) is 4.72 Å². The first kappa shape index (κ1) is 26.7. The normalized spacial score (nSPS) is 11.0. The van der Waals surface area contributed by atoms with Crippen LogP contribution >= 0.6 is 12.4 Å². The van der Waals surface area contributed by atoms with Crippen molar-refractivity contribution in [3.63, 3.8) is 0 Å². The van der Waals surface area contributed by atoms with Gasteiger partial charge in [-0.2, -0.15) is 4.98 Å². The average molecular weight is 482 g/mol. The molecule has 0 saturated carbocycles. The second kappa shape index (κ2) is 13.1. The molecule has 0 bridgehead atoms. The highest BCUT2D eigenvalue weighted by Crippen LogP contribution is 2.28. The number of sulfonamides is 1. The maximum absolute atomic E-state index is 12.6. The number of aromatic nitrogens is 1. The quantitative estimate of drug-likeness (QED) is 0.423. The van der Waals surface area contributed by atoms with Gasteiger partial charge in [0.1, 0.15) is 24.7 Å². The van der Waals surface area contributed by atoms with Crippen molar-refractivity contribution in [1.82, 2.24) is 10.3 Å². The molecule has 2 N–H and O–H groups in total. The van der Waals surface area contributed by atoms with Crippen molar-refractivity contribution in [3.8, 4) is 17.5 Å². The van der Waals surface area contributed by atoms with E-state index in [1.807, 2.05) is 0 Å². The predicted octanol–water partition coefficient (Wildman–Crippen LogP) is 3.34. The summed E-state index contributed by atoms with van der Waals surface area (Å²) < 4.78 is 67.5. The molecule has 1 heterocycles.